The van der Waals surface area contributed by atoms with Crippen molar-refractivity contribution in [1.82, 2.24) is 0 Å². The van der Waals surface area contributed by atoms with E-state index in [2.05, 4.69) is 113 Å². The smallest absolute Gasteiger partial charge is 0.218 e. The van der Waals surface area contributed by atoms with Gasteiger partial charge >= 0.3 is 0 Å². The van der Waals surface area contributed by atoms with Crippen LogP contribution < -0.4 is 15.9 Å². The number of hydrogen-bond donors (Lipinski definition) is 0. The van der Waals surface area contributed by atoms with Crippen molar-refractivity contribution >= 4 is 52.3 Å². The van der Waals surface area contributed by atoms with Crippen molar-refractivity contribution in [3.8, 4) is 0 Å². The standard InChI is InChI=1S/C21H17INOP/c22-20-15-24-21(23-20)18-13-7-8-14-19(18)25(16-9-3-1-4-10-16)17-11-5-2-6-12-17/h1-14,20H,15H2/t20-/m1/s1. The zero-order valence-electron chi connectivity index (χ0n) is 13.5. The minimum atomic E-state index is -0.660. The van der Waals surface area contributed by atoms with Crippen molar-refractivity contribution in [3.05, 3.63) is 90.5 Å². The van der Waals surface area contributed by atoms with Crippen LogP contribution in [-0.2, 0) is 4.74 Å². The van der Waals surface area contributed by atoms with E-state index < -0.39 is 7.92 Å². The summed E-state index contributed by atoms with van der Waals surface area (Å²) in [5.41, 5.74) is 1.11. The third kappa shape index (κ3) is 3.63. The summed E-state index contributed by atoms with van der Waals surface area (Å²) >= 11 is 2.32. The molecule has 3 aromatic carbocycles. The monoisotopic (exact) mass is 457 g/mol. The van der Waals surface area contributed by atoms with E-state index in [0.29, 0.717) is 6.61 Å². The first-order chi connectivity index (χ1) is 12.3. The lowest BCUT2D eigenvalue weighted by molar-refractivity contribution is 0.345. The first kappa shape index (κ1) is 16.7. The van der Waals surface area contributed by atoms with Gasteiger partial charge in [-0.05, 0) is 29.9 Å². The van der Waals surface area contributed by atoms with Crippen LogP contribution in [0.5, 0.6) is 0 Å². The molecule has 0 N–H and O–H groups in total. The van der Waals surface area contributed by atoms with Crippen molar-refractivity contribution < 1.29 is 4.74 Å². The van der Waals surface area contributed by atoms with Gasteiger partial charge in [-0.1, -0.05) is 101 Å². The molecule has 0 amide bonds. The van der Waals surface area contributed by atoms with Gasteiger partial charge in [0.25, 0.3) is 0 Å². The number of nitrogens with zero attached hydrogens (tertiary/aromatic N) is 1. The lowest BCUT2D eigenvalue weighted by atomic mass is 10.2. The molecule has 0 spiro atoms. The predicted molar refractivity (Wildman–Crippen MR) is 115 cm³/mol. The summed E-state index contributed by atoms with van der Waals surface area (Å²) in [6, 6.07) is 30.0. The van der Waals surface area contributed by atoms with Crippen LogP contribution in [0.3, 0.4) is 0 Å². The molecule has 1 atom stereocenters. The third-order valence-corrected chi connectivity index (χ3v) is 7.16. The highest BCUT2D eigenvalue weighted by molar-refractivity contribution is 14.1. The number of ether oxygens (including phenoxy) is 1. The van der Waals surface area contributed by atoms with Gasteiger partial charge in [0, 0.05) is 5.56 Å². The topological polar surface area (TPSA) is 21.6 Å². The Labute approximate surface area is 162 Å². The van der Waals surface area contributed by atoms with Gasteiger partial charge in [0.05, 0.1) is 0 Å². The molecular weight excluding hydrogens is 440 g/mol. The largest absolute Gasteiger partial charge is 0.474 e. The number of halogens is 1. The summed E-state index contributed by atoms with van der Waals surface area (Å²) in [6.45, 7) is 0.652. The van der Waals surface area contributed by atoms with Crippen LogP contribution in [0.2, 0.25) is 0 Å². The SMILES string of the molecule is I[C@H]1COC(c2ccccc2P(c2ccccc2)c2ccccc2)=N1. The molecule has 0 fully saturated rings. The fraction of sp³-hybridized carbons (Fsp3) is 0.0952. The number of benzene rings is 3. The van der Waals surface area contributed by atoms with Gasteiger partial charge in [-0.2, -0.15) is 0 Å². The molecule has 0 unspecified atom stereocenters. The summed E-state index contributed by atoms with van der Waals surface area (Å²) in [5, 5.41) is 3.96. The predicted octanol–water partition coefficient (Wildman–Crippen LogP) is 3.98. The maximum Gasteiger partial charge on any atom is 0.218 e. The van der Waals surface area contributed by atoms with Crippen molar-refractivity contribution in [2.24, 2.45) is 4.99 Å². The highest BCUT2D eigenvalue weighted by atomic mass is 127. The molecule has 25 heavy (non-hydrogen) atoms. The van der Waals surface area contributed by atoms with E-state index in [1.807, 2.05) is 0 Å². The van der Waals surface area contributed by atoms with Gasteiger partial charge in [-0.15, -0.1) is 0 Å². The molecule has 3 aromatic rings. The summed E-state index contributed by atoms with van der Waals surface area (Å²) in [5.74, 6) is 0.773. The molecule has 1 aliphatic rings. The fourth-order valence-electron chi connectivity index (χ4n) is 2.93. The van der Waals surface area contributed by atoms with E-state index >= 15 is 0 Å². The Kier molecular flexibility index (Phi) is 5.14. The lowest BCUT2D eigenvalue weighted by Crippen LogP contribution is -2.25. The number of aliphatic imine (C=N–C) groups is 1. The van der Waals surface area contributed by atoms with Gasteiger partial charge in [0.1, 0.15) is 10.7 Å². The van der Waals surface area contributed by atoms with E-state index in [-0.39, 0.29) is 4.05 Å². The maximum atomic E-state index is 5.87. The van der Waals surface area contributed by atoms with E-state index in [1.165, 1.54) is 15.9 Å². The summed E-state index contributed by atoms with van der Waals surface area (Å²) in [6.07, 6.45) is 0. The van der Waals surface area contributed by atoms with Crippen LogP contribution in [0.4, 0.5) is 0 Å². The zero-order valence-corrected chi connectivity index (χ0v) is 16.6. The summed E-state index contributed by atoms with van der Waals surface area (Å²) < 4.78 is 6.06. The fourth-order valence-corrected chi connectivity index (χ4v) is 5.80. The molecule has 0 radical (unpaired) electrons. The quantitative estimate of drug-likeness (QED) is 0.252. The average Bonchev–Trinajstić information content (AvgIpc) is 3.10. The number of rotatable bonds is 4. The molecular formula is C21H17INOP. The summed E-state index contributed by atoms with van der Waals surface area (Å²) in [4.78, 5) is 4.68. The van der Waals surface area contributed by atoms with Crippen molar-refractivity contribution in [2.45, 2.75) is 4.05 Å². The normalized spacial score (nSPS) is 16.6. The van der Waals surface area contributed by atoms with Crippen LogP contribution in [0.1, 0.15) is 5.56 Å². The maximum absolute atomic E-state index is 5.87. The Morgan fingerprint density at radius 2 is 1.36 bits per heavy atom. The lowest BCUT2D eigenvalue weighted by Gasteiger charge is -2.22. The first-order valence-corrected chi connectivity index (χ1v) is 10.8. The minimum absolute atomic E-state index is 0.195. The molecule has 4 heteroatoms. The highest BCUT2D eigenvalue weighted by Crippen LogP contribution is 2.34. The van der Waals surface area contributed by atoms with E-state index in [0.717, 1.165) is 11.5 Å². The van der Waals surface area contributed by atoms with Crippen LogP contribution in [0, 0.1) is 0 Å². The van der Waals surface area contributed by atoms with Crippen molar-refractivity contribution in [2.75, 3.05) is 6.61 Å². The Hall–Kier alpha value is -1.71. The average molecular weight is 457 g/mol. The first-order valence-electron chi connectivity index (χ1n) is 8.17. The molecule has 0 aromatic heterocycles. The molecule has 0 aliphatic carbocycles. The van der Waals surface area contributed by atoms with E-state index in [9.17, 15) is 0 Å². The van der Waals surface area contributed by atoms with Crippen LogP contribution >= 0.6 is 30.5 Å². The second-order valence-corrected chi connectivity index (χ2v) is 9.33. The van der Waals surface area contributed by atoms with Gasteiger partial charge in [-0.25, -0.2) is 4.99 Å². The second kappa shape index (κ2) is 7.67. The number of hydrogen-bond acceptors (Lipinski definition) is 2. The Bertz CT molecular complexity index is 843. The van der Waals surface area contributed by atoms with E-state index in [1.54, 1.807) is 0 Å². The molecule has 4 rings (SSSR count). The molecule has 1 heterocycles. The van der Waals surface area contributed by atoms with Gasteiger partial charge < -0.3 is 4.74 Å². The molecule has 0 bridgehead atoms. The molecule has 0 saturated carbocycles. The van der Waals surface area contributed by atoms with Crippen LogP contribution in [0.15, 0.2) is 89.9 Å². The molecule has 0 saturated heterocycles. The third-order valence-electron chi connectivity index (χ3n) is 4.02. The van der Waals surface area contributed by atoms with Gasteiger partial charge in [0.2, 0.25) is 5.90 Å². The number of alkyl halides is 1. The van der Waals surface area contributed by atoms with Gasteiger partial charge in [-0.3, -0.25) is 0 Å². The van der Waals surface area contributed by atoms with Gasteiger partial charge in [0.15, 0.2) is 0 Å². The Balaban J connectivity index is 1.88. The van der Waals surface area contributed by atoms with Crippen LogP contribution in [-0.4, -0.2) is 16.6 Å². The van der Waals surface area contributed by atoms with Crippen molar-refractivity contribution in [1.29, 1.82) is 0 Å². The molecule has 2 nitrogen and oxygen atoms in total. The Morgan fingerprint density at radius 1 is 0.800 bits per heavy atom. The van der Waals surface area contributed by atoms with E-state index in [4.69, 9.17) is 4.74 Å². The Morgan fingerprint density at radius 3 is 1.92 bits per heavy atom. The molecule has 1 aliphatic heterocycles. The van der Waals surface area contributed by atoms with Crippen molar-refractivity contribution in [3.63, 3.8) is 0 Å². The second-order valence-electron chi connectivity index (χ2n) is 5.70. The molecule has 124 valence electrons. The zero-order chi connectivity index (χ0) is 17.1. The highest BCUT2D eigenvalue weighted by Gasteiger charge is 2.25. The minimum Gasteiger partial charge on any atom is -0.474 e. The summed E-state index contributed by atoms with van der Waals surface area (Å²) in [7, 11) is -0.660. The van der Waals surface area contributed by atoms with Crippen LogP contribution in [0.25, 0.3) is 0 Å².